The number of nitrogens with zero attached hydrogens (tertiary/aromatic N) is 3. The molecule has 0 spiro atoms. The standard InChI is InChI=1S/C11H10ClN3O4/c1-6(12)10-13-11(19-14-10)7-3-4-9(18-2)8(5-7)15(16)17/h3-6H,1-2H3. The second-order valence-corrected chi connectivity index (χ2v) is 4.37. The molecule has 8 heteroatoms. The average Bonchev–Trinajstić information content (AvgIpc) is 2.87. The van der Waals surface area contributed by atoms with Gasteiger partial charge in [0.1, 0.15) is 0 Å². The summed E-state index contributed by atoms with van der Waals surface area (Å²) in [6.07, 6.45) is 0. The summed E-state index contributed by atoms with van der Waals surface area (Å²) in [5.41, 5.74) is 0.266. The summed E-state index contributed by atoms with van der Waals surface area (Å²) in [4.78, 5) is 14.4. The zero-order valence-corrected chi connectivity index (χ0v) is 10.9. The van der Waals surface area contributed by atoms with Gasteiger partial charge in [0.2, 0.25) is 0 Å². The first-order valence-corrected chi connectivity index (χ1v) is 5.77. The van der Waals surface area contributed by atoms with Crippen LogP contribution in [0.15, 0.2) is 22.7 Å². The van der Waals surface area contributed by atoms with Gasteiger partial charge in [0.25, 0.3) is 5.89 Å². The van der Waals surface area contributed by atoms with Gasteiger partial charge < -0.3 is 9.26 Å². The number of halogens is 1. The van der Waals surface area contributed by atoms with Gasteiger partial charge in [-0.3, -0.25) is 10.1 Å². The number of nitro groups is 1. The maximum absolute atomic E-state index is 10.9. The highest BCUT2D eigenvalue weighted by Crippen LogP contribution is 2.32. The Bertz CT molecular complexity index is 612. The minimum atomic E-state index is -0.538. The van der Waals surface area contributed by atoms with Crippen LogP contribution in [-0.4, -0.2) is 22.2 Å². The van der Waals surface area contributed by atoms with E-state index in [1.165, 1.54) is 19.2 Å². The van der Waals surface area contributed by atoms with Gasteiger partial charge in [-0.15, -0.1) is 11.6 Å². The summed E-state index contributed by atoms with van der Waals surface area (Å²) >= 11 is 5.82. The lowest BCUT2D eigenvalue weighted by atomic mass is 10.2. The van der Waals surface area contributed by atoms with Crippen molar-refractivity contribution in [2.45, 2.75) is 12.3 Å². The first-order valence-electron chi connectivity index (χ1n) is 5.33. The van der Waals surface area contributed by atoms with Crippen LogP contribution < -0.4 is 4.74 Å². The number of hydrogen-bond donors (Lipinski definition) is 0. The monoisotopic (exact) mass is 283 g/mol. The number of benzene rings is 1. The summed E-state index contributed by atoms with van der Waals surface area (Å²) in [5, 5.41) is 14.2. The van der Waals surface area contributed by atoms with Gasteiger partial charge in [-0.25, -0.2) is 0 Å². The van der Waals surface area contributed by atoms with Crippen molar-refractivity contribution < 1.29 is 14.2 Å². The van der Waals surface area contributed by atoms with Crippen LogP contribution in [0.4, 0.5) is 5.69 Å². The van der Waals surface area contributed by atoms with E-state index in [9.17, 15) is 10.1 Å². The Morgan fingerprint density at radius 1 is 1.53 bits per heavy atom. The van der Waals surface area contributed by atoms with Crippen LogP contribution in [0, 0.1) is 10.1 Å². The maximum Gasteiger partial charge on any atom is 0.311 e. The summed E-state index contributed by atoms with van der Waals surface area (Å²) in [7, 11) is 1.36. The molecule has 1 heterocycles. The number of alkyl halides is 1. The predicted molar refractivity (Wildman–Crippen MR) is 67.2 cm³/mol. The molecule has 0 fully saturated rings. The molecule has 0 saturated heterocycles. The van der Waals surface area contributed by atoms with E-state index >= 15 is 0 Å². The molecule has 0 aliphatic heterocycles. The normalized spacial score (nSPS) is 12.2. The number of ether oxygens (including phenoxy) is 1. The number of nitro benzene ring substituents is 1. The molecule has 19 heavy (non-hydrogen) atoms. The van der Waals surface area contributed by atoms with Crippen molar-refractivity contribution in [1.29, 1.82) is 0 Å². The molecule has 1 aromatic carbocycles. The maximum atomic E-state index is 10.9. The molecule has 2 rings (SSSR count). The Labute approximate surface area is 113 Å². The highest BCUT2D eigenvalue weighted by Gasteiger charge is 2.19. The number of aromatic nitrogens is 2. The fourth-order valence-electron chi connectivity index (χ4n) is 1.48. The Morgan fingerprint density at radius 2 is 2.26 bits per heavy atom. The molecule has 7 nitrogen and oxygen atoms in total. The molecule has 0 N–H and O–H groups in total. The molecule has 0 bridgehead atoms. The van der Waals surface area contributed by atoms with Gasteiger partial charge in [0.05, 0.1) is 17.4 Å². The SMILES string of the molecule is COc1ccc(-c2nc(C(C)Cl)no2)cc1[N+](=O)[O-]. The van der Waals surface area contributed by atoms with Gasteiger partial charge in [-0.05, 0) is 19.1 Å². The minimum Gasteiger partial charge on any atom is -0.490 e. The topological polar surface area (TPSA) is 91.3 Å². The lowest BCUT2D eigenvalue weighted by Gasteiger charge is -2.02. The van der Waals surface area contributed by atoms with E-state index in [1.807, 2.05) is 0 Å². The molecule has 1 unspecified atom stereocenters. The van der Waals surface area contributed by atoms with E-state index in [4.69, 9.17) is 20.9 Å². The first-order chi connectivity index (χ1) is 9.02. The fraction of sp³-hybridized carbons (Fsp3) is 0.273. The lowest BCUT2D eigenvalue weighted by molar-refractivity contribution is -0.385. The van der Waals surface area contributed by atoms with Crippen LogP contribution in [0.1, 0.15) is 18.1 Å². The first kappa shape index (κ1) is 13.3. The van der Waals surface area contributed by atoms with E-state index < -0.39 is 10.3 Å². The molecular weight excluding hydrogens is 274 g/mol. The van der Waals surface area contributed by atoms with Crippen LogP contribution in [0.3, 0.4) is 0 Å². The van der Waals surface area contributed by atoms with Crippen molar-refractivity contribution in [1.82, 2.24) is 10.1 Å². The molecule has 100 valence electrons. The van der Waals surface area contributed by atoms with E-state index in [0.29, 0.717) is 11.4 Å². The molecule has 0 aliphatic carbocycles. The summed E-state index contributed by atoms with van der Waals surface area (Å²) in [5.74, 6) is 0.669. The minimum absolute atomic E-state index is 0.166. The van der Waals surface area contributed by atoms with Crippen molar-refractivity contribution in [3.05, 3.63) is 34.1 Å². The third-order valence-corrected chi connectivity index (χ3v) is 2.62. The van der Waals surface area contributed by atoms with Crippen molar-refractivity contribution in [3.63, 3.8) is 0 Å². The summed E-state index contributed by atoms with van der Waals surface area (Å²) < 4.78 is 9.92. The van der Waals surface area contributed by atoms with Gasteiger partial charge in [0.15, 0.2) is 11.6 Å². The zero-order valence-electron chi connectivity index (χ0n) is 10.2. The molecule has 1 aromatic heterocycles. The quantitative estimate of drug-likeness (QED) is 0.486. The fourth-order valence-corrected chi connectivity index (χ4v) is 1.57. The number of rotatable bonds is 4. The Kier molecular flexibility index (Phi) is 3.66. The molecule has 0 aliphatic rings. The van der Waals surface area contributed by atoms with Crippen LogP contribution in [0.25, 0.3) is 11.5 Å². The molecule has 0 saturated carbocycles. The van der Waals surface area contributed by atoms with Gasteiger partial charge in [0, 0.05) is 11.6 Å². The van der Waals surface area contributed by atoms with Crippen molar-refractivity contribution in [2.24, 2.45) is 0 Å². The molecule has 0 amide bonds. The number of hydrogen-bond acceptors (Lipinski definition) is 6. The van der Waals surface area contributed by atoms with Crippen LogP contribution in [0.2, 0.25) is 0 Å². The molecular formula is C11H10ClN3O4. The van der Waals surface area contributed by atoms with Gasteiger partial charge >= 0.3 is 5.69 Å². The van der Waals surface area contributed by atoms with E-state index in [-0.39, 0.29) is 17.3 Å². The Morgan fingerprint density at radius 3 is 2.79 bits per heavy atom. The van der Waals surface area contributed by atoms with E-state index in [0.717, 1.165) is 0 Å². The third kappa shape index (κ3) is 2.65. The highest BCUT2D eigenvalue weighted by atomic mass is 35.5. The highest BCUT2D eigenvalue weighted by molar-refractivity contribution is 6.20. The molecule has 1 atom stereocenters. The van der Waals surface area contributed by atoms with Crippen molar-refractivity contribution >= 4 is 17.3 Å². The van der Waals surface area contributed by atoms with Crippen LogP contribution in [0.5, 0.6) is 5.75 Å². The smallest absolute Gasteiger partial charge is 0.311 e. The second kappa shape index (κ2) is 5.23. The molecule has 0 radical (unpaired) electrons. The summed E-state index contributed by atoms with van der Waals surface area (Å²) in [6, 6.07) is 4.39. The van der Waals surface area contributed by atoms with E-state index in [1.54, 1.807) is 13.0 Å². The van der Waals surface area contributed by atoms with Crippen LogP contribution >= 0.6 is 11.6 Å². The lowest BCUT2D eigenvalue weighted by Crippen LogP contribution is -1.94. The largest absolute Gasteiger partial charge is 0.490 e. The van der Waals surface area contributed by atoms with Crippen molar-refractivity contribution in [2.75, 3.05) is 7.11 Å². The summed E-state index contributed by atoms with van der Waals surface area (Å²) in [6.45, 7) is 1.70. The van der Waals surface area contributed by atoms with Gasteiger partial charge in [-0.2, -0.15) is 4.98 Å². The third-order valence-electron chi connectivity index (χ3n) is 2.42. The number of methoxy groups -OCH3 is 1. The van der Waals surface area contributed by atoms with E-state index in [2.05, 4.69) is 10.1 Å². The van der Waals surface area contributed by atoms with Crippen molar-refractivity contribution in [3.8, 4) is 17.2 Å². The zero-order chi connectivity index (χ0) is 14.0. The molecule has 2 aromatic rings. The second-order valence-electron chi connectivity index (χ2n) is 3.72. The Hall–Kier alpha value is -2.15. The average molecular weight is 284 g/mol. The predicted octanol–water partition coefficient (Wildman–Crippen LogP) is 2.95. The van der Waals surface area contributed by atoms with Gasteiger partial charge in [-0.1, -0.05) is 5.16 Å². The van der Waals surface area contributed by atoms with Crippen LogP contribution in [-0.2, 0) is 0 Å². The Balaban J connectivity index is 2.44.